The van der Waals surface area contributed by atoms with Gasteiger partial charge in [0, 0.05) is 32.9 Å². The minimum Gasteiger partial charge on any atom is -0.384 e. The van der Waals surface area contributed by atoms with Gasteiger partial charge in [0.25, 0.3) is 0 Å². The van der Waals surface area contributed by atoms with E-state index < -0.39 is 5.54 Å². The summed E-state index contributed by atoms with van der Waals surface area (Å²) in [5.41, 5.74) is -0.293. The molecule has 0 radical (unpaired) electrons. The molecule has 24 heavy (non-hydrogen) atoms. The number of carbonyl (C=O) groups is 2. The van der Waals surface area contributed by atoms with Crippen LogP contribution in [0, 0.1) is 5.82 Å². The summed E-state index contributed by atoms with van der Waals surface area (Å²) in [6.45, 7) is 1.33. The molecule has 1 aromatic carbocycles. The summed E-state index contributed by atoms with van der Waals surface area (Å²) in [6.07, 6.45) is 1.25. The molecule has 0 unspecified atom stereocenters. The van der Waals surface area contributed by atoms with Gasteiger partial charge in [0.1, 0.15) is 11.4 Å². The number of nitrogens with zero attached hydrogens (tertiary/aromatic N) is 1. The zero-order valence-electron chi connectivity index (χ0n) is 14.1. The van der Waals surface area contributed by atoms with E-state index in [1.165, 1.54) is 12.1 Å². The fourth-order valence-corrected chi connectivity index (χ4v) is 2.98. The molecule has 6 nitrogen and oxygen atoms in total. The summed E-state index contributed by atoms with van der Waals surface area (Å²) in [4.78, 5) is 26.3. The molecule has 1 aliphatic rings. The number of likely N-dealkylation sites (N-methyl/N-ethyl adjacent to an activating group) is 1. The maximum atomic E-state index is 13.4. The van der Waals surface area contributed by atoms with E-state index in [1.807, 2.05) is 0 Å². The first-order chi connectivity index (χ1) is 11.5. The van der Waals surface area contributed by atoms with Crippen LogP contribution in [-0.4, -0.2) is 56.1 Å². The van der Waals surface area contributed by atoms with E-state index >= 15 is 0 Å². The Kier molecular flexibility index (Phi) is 6.14. The Bertz CT molecular complexity index is 586. The van der Waals surface area contributed by atoms with Gasteiger partial charge in [-0.15, -0.1) is 0 Å². The smallest absolute Gasteiger partial charge is 0.245 e. The van der Waals surface area contributed by atoms with Crippen molar-refractivity contribution in [2.24, 2.45) is 0 Å². The number of benzene rings is 1. The lowest BCUT2D eigenvalue weighted by Gasteiger charge is -2.41. The molecular formula is C17H24FN3O3. The molecule has 0 saturated carbocycles. The summed E-state index contributed by atoms with van der Waals surface area (Å²) in [6, 6.07) is 6.04. The highest BCUT2D eigenvalue weighted by Crippen LogP contribution is 2.28. The largest absolute Gasteiger partial charge is 0.384 e. The lowest BCUT2D eigenvalue weighted by Crippen LogP contribution is -2.58. The number of methoxy groups -OCH3 is 1. The van der Waals surface area contributed by atoms with Crippen molar-refractivity contribution in [3.63, 3.8) is 0 Å². The van der Waals surface area contributed by atoms with E-state index in [4.69, 9.17) is 4.74 Å². The average molecular weight is 337 g/mol. The van der Waals surface area contributed by atoms with Crippen molar-refractivity contribution >= 4 is 17.5 Å². The molecule has 132 valence electrons. The molecule has 7 heteroatoms. The SMILES string of the molecule is CNC(=O)C1(Nc2cccc(F)c2)CCN(C(=O)CCOC)CC1. The quantitative estimate of drug-likeness (QED) is 0.823. The van der Waals surface area contributed by atoms with Crippen LogP contribution in [-0.2, 0) is 14.3 Å². The fraction of sp³-hybridized carbons (Fsp3) is 0.529. The third-order valence-electron chi connectivity index (χ3n) is 4.36. The van der Waals surface area contributed by atoms with Gasteiger partial charge in [0.05, 0.1) is 13.0 Å². The number of rotatable bonds is 6. The van der Waals surface area contributed by atoms with Gasteiger partial charge in [0.15, 0.2) is 0 Å². The summed E-state index contributed by atoms with van der Waals surface area (Å²) < 4.78 is 18.3. The maximum Gasteiger partial charge on any atom is 0.245 e. The first-order valence-electron chi connectivity index (χ1n) is 8.03. The van der Waals surface area contributed by atoms with E-state index in [2.05, 4.69) is 10.6 Å². The number of anilines is 1. The summed E-state index contributed by atoms with van der Waals surface area (Å²) in [5, 5.41) is 5.84. The van der Waals surface area contributed by atoms with Crippen LogP contribution in [0.3, 0.4) is 0 Å². The number of hydrogen-bond acceptors (Lipinski definition) is 4. The number of nitrogens with one attached hydrogen (secondary N) is 2. The molecule has 1 aromatic rings. The zero-order valence-corrected chi connectivity index (χ0v) is 14.1. The third-order valence-corrected chi connectivity index (χ3v) is 4.36. The van der Waals surface area contributed by atoms with Crippen LogP contribution in [0.4, 0.5) is 10.1 Å². The molecule has 0 spiro atoms. The van der Waals surface area contributed by atoms with E-state index in [0.717, 1.165) is 0 Å². The molecule has 0 atom stereocenters. The normalized spacial score (nSPS) is 16.5. The van der Waals surface area contributed by atoms with Crippen molar-refractivity contribution in [1.82, 2.24) is 10.2 Å². The van der Waals surface area contributed by atoms with Crippen LogP contribution in [0.15, 0.2) is 24.3 Å². The molecule has 2 rings (SSSR count). The molecule has 1 aliphatic heterocycles. The summed E-state index contributed by atoms with van der Waals surface area (Å²) >= 11 is 0. The molecule has 2 N–H and O–H groups in total. The first kappa shape index (κ1) is 18.2. The van der Waals surface area contributed by atoms with Crippen molar-refractivity contribution in [2.75, 3.05) is 39.2 Å². The number of ether oxygens (including phenoxy) is 1. The number of piperidine rings is 1. The van der Waals surface area contributed by atoms with Crippen molar-refractivity contribution in [2.45, 2.75) is 24.8 Å². The van der Waals surface area contributed by atoms with Crippen molar-refractivity contribution in [3.05, 3.63) is 30.1 Å². The highest BCUT2D eigenvalue weighted by atomic mass is 19.1. The number of hydrogen-bond donors (Lipinski definition) is 2. The van der Waals surface area contributed by atoms with E-state index in [-0.39, 0.29) is 17.6 Å². The van der Waals surface area contributed by atoms with Gasteiger partial charge < -0.3 is 20.3 Å². The lowest BCUT2D eigenvalue weighted by atomic mass is 9.86. The van der Waals surface area contributed by atoms with Crippen LogP contribution in [0.25, 0.3) is 0 Å². The minimum atomic E-state index is -0.847. The van der Waals surface area contributed by atoms with Crippen molar-refractivity contribution in [3.8, 4) is 0 Å². The van der Waals surface area contributed by atoms with Gasteiger partial charge in [-0.3, -0.25) is 9.59 Å². The van der Waals surface area contributed by atoms with Crippen LogP contribution >= 0.6 is 0 Å². The predicted molar refractivity (Wildman–Crippen MR) is 89.1 cm³/mol. The Balaban J connectivity index is 2.08. The van der Waals surface area contributed by atoms with Gasteiger partial charge in [-0.2, -0.15) is 0 Å². The van der Waals surface area contributed by atoms with Gasteiger partial charge >= 0.3 is 0 Å². The molecule has 0 bridgehead atoms. The first-order valence-corrected chi connectivity index (χ1v) is 8.03. The van der Waals surface area contributed by atoms with Crippen LogP contribution in [0.2, 0.25) is 0 Å². The summed E-state index contributed by atoms with van der Waals surface area (Å²) in [5.74, 6) is -0.497. The van der Waals surface area contributed by atoms with Crippen molar-refractivity contribution < 1.29 is 18.7 Å². The maximum absolute atomic E-state index is 13.4. The highest BCUT2D eigenvalue weighted by Gasteiger charge is 2.41. The van der Waals surface area contributed by atoms with Gasteiger partial charge in [-0.1, -0.05) is 6.07 Å². The molecule has 0 aliphatic carbocycles. The van der Waals surface area contributed by atoms with E-state index in [1.54, 1.807) is 31.2 Å². The zero-order chi connectivity index (χ0) is 17.6. The number of likely N-dealkylation sites (tertiary alicyclic amines) is 1. The molecule has 0 aromatic heterocycles. The Hall–Kier alpha value is -2.15. The van der Waals surface area contributed by atoms with Gasteiger partial charge in [-0.05, 0) is 31.0 Å². The molecule has 2 amide bonds. The number of carbonyl (C=O) groups excluding carboxylic acids is 2. The second-order valence-electron chi connectivity index (χ2n) is 5.92. The Morgan fingerprint density at radius 1 is 1.33 bits per heavy atom. The Labute approximate surface area is 141 Å². The van der Waals surface area contributed by atoms with Crippen molar-refractivity contribution in [1.29, 1.82) is 0 Å². The lowest BCUT2D eigenvalue weighted by molar-refractivity contribution is -0.136. The van der Waals surface area contributed by atoms with E-state index in [0.29, 0.717) is 44.6 Å². The molecule has 1 saturated heterocycles. The third kappa shape index (κ3) is 4.23. The Morgan fingerprint density at radius 2 is 2.04 bits per heavy atom. The number of halogens is 1. The fourth-order valence-electron chi connectivity index (χ4n) is 2.98. The second kappa shape index (κ2) is 8.10. The van der Waals surface area contributed by atoms with Gasteiger partial charge in [0.2, 0.25) is 11.8 Å². The molecular weight excluding hydrogens is 313 g/mol. The Morgan fingerprint density at radius 3 is 2.62 bits per heavy atom. The number of amides is 2. The van der Waals surface area contributed by atoms with Crippen LogP contribution < -0.4 is 10.6 Å². The second-order valence-corrected chi connectivity index (χ2v) is 5.92. The van der Waals surface area contributed by atoms with Gasteiger partial charge in [-0.25, -0.2) is 4.39 Å². The molecule has 1 heterocycles. The standard InChI is InChI=1S/C17H24FN3O3/c1-19-16(23)17(20-14-5-3-4-13(18)12-14)7-9-21(10-8-17)15(22)6-11-24-2/h3-5,12,20H,6-11H2,1-2H3,(H,19,23). The van der Waals surface area contributed by atoms with Crippen LogP contribution in [0.1, 0.15) is 19.3 Å². The highest BCUT2D eigenvalue weighted by molar-refractivity contribution is 5.89. The predicted octanol–water partition coefficient (Wildman–Crippen LogP) is 1.38. The van der Waals surface area contributed by atoms with E-state index in [9.17, 15) is 14.0 Å². The minimum absolute atomic E-state index is 0.0214. The topological polar surface area (TPSA) is 70.7 Å². The summed E-state index contributed by atoms with van der Waals surface area (Å²) in [7, 11) is 3.14. The monoisotopic (exact) mass is 337 g/mol. The average Bonchev–Trinajstić information content (AvgIpc) is 2.59. The van der Waals surface area contributed by atoms with Crippen LogP contribution in [0.5, 0.6) is 0 Å². The molecule has 1 fully saturated rings.